The lowest BCUT2D eigenvalue weighted by atomic mass is 10.0. The highest BCUT2D eigenvalue weighted by Crippen LogP contribution is 2.30. The molecule has 6 nitrogen and oxygen atoms in total. The van der Waals surface area contributed by atoms with E-state index in [0.29, 0.717) is 5.56 Å². The van der Waals surface area contributed by atoms with E-state index in [1.165, 1.54) is 7.11 Å². The van der Waals surface area contributed by atoms with E-state index in [4.69, 9.17) is 14.2 Å². The Morgan fingerprint density at radius 1 is 1.26 bits per heavy atom. The molecule has 1 aromatic rings. The van der Waals surface area contributed by atoms with Gasteiger partial charge in [0.25, 0.3) is 5.91 Å². The molecule has 0 radical (unpaired) electrons. The van der Waals surface area contributed by atoms with Gasteiger partial charge in [-0.05, 0) is 32.9 Å². The van der Waals surface area contributed by atoms with Gasteiger partial charge in [0.15, 0.2) is 5.79 Å². The van der Waals surface area contributed by atoms with E-state index in [0.717, 1.165) is 0 Å². The lowest BCUT2D eigenvalue weighted by molar-refractivity contribution is -0.151. The summed E-state index contributed by atoms with van der Waals surface area (Å²) in [6.45, 7) is 5.47. The predicted molar refractivity (Wildman–Crippen MR) is 83.8 cm³/mol. The van der Waals surface area contributed by atoms with Crippen molar-refractivity contribution in [1.82, 2.24) is 5.32 Å². The Morgan fingerprint density at radius 3 is 2.43 bits per heavy atom. The van der Waals surface area contributed by atoms with Gasteiger partial charge < -0.3 is 19.5 Å². The van der Waals surface area contributed by atoms with Crippen LogP contribution in [-0.2, 0) is 19.0 Å². The minimum absolute atomic E-state index is 0.0174. The third-order valence-corrected chi connectivity index (χ3v) is 3.72. The van der Waals surface area contributed by atoms with Crippen molar-refractivity contribution in [1.29, 1.82) is 0 Å². The van der Waals surface area contributed by atoms with Crippen molar-refractivity contribution >= 4 is 11.9 Å². The van der Waals surface area contributed by atoms with Gasteiger partial charge in [-0.3, -0.25) is 9.59 Å². The summed E-state index contributed by atoms with van der Waals surface area (Å²) in [5.74, 6) is -1.43. The molecule has 1 aliphatic rings. The van der Waals surface area contributed by atoms with Crippen LogP contribution in [0.4, 0.5) is 0 Å². The van der Waals surface area contributed by atoms with Crippen LogP contribution in [0.2, 0.25) is 0 Å². The highest BCUT2D eigenvalue weighted by Gasteiger charge is 2.44. The maximum Gasteiger partial charge on any atom is 0.307 e. The fourth-order valence-corrected chi connectivity index (χ4v) is 2.73. The van der Waals surface area contributed by atoms with Gasteiger partial charge in [-0.25, -0.2) is 0 Å². The van der Waals surface area contributed by atoms with Crippen LogP contribution in [0.3, 0.4) is 0 Å². The van der Waals surface area contributed by atoms with Crippen molar-refractivity contribution in [2.24, 2.45) is 0 Å². The van der Waals surface area contributed by atoms with Crippen LogP contribution >= 0.6 is 0 Å². The topological polar surface area (TPSA) is 73.9 Å². The molecule has 1 fully saturated rings. The molecule has 1 amide bonds. The highest BCUT2D eigenvalue weighted by molar-refractivity contribution is 5.94. The Bertz CT molecular complexity index is 557. The lowest BCUT2D eigenvalue weighted by Crippen LogP contribution is -2.48. The van der Waals surface area contributed by atoms with Crippen LogP contribution in [0.25, 0.3) is 0 Å². The average molecular weight is 321 g/mol. The maximum atomic E-state index is 12.4. The zero-order valence-electron chi connectivity index (χ0n) is 13.9. The molecule has 1 N–H and O–H groups in total. The molecular formula is C17H23NO5. The second kappa shape index (κ2) is 7.10. The number of benzene rings is 1. The summed E-state index contributed by atoms with van der Waals surface area (Å²) >= 11 is 0. The van der Waals surface area contributed by atoms with Gasteiger partial charge in [0.05, 0.1) is 25.7 Å². The first-order valence-electron chi connectivity index (χ1n) is 7.61. The molecule has 0 saturated carbocycles. The SMILES string of the molecule is COC(=O)C[C@H](NC(=O)c1ccccc1)[C@@H]1OC(C)(C)O[C@H]1C. The van der Waals surface area contributed by atoms with E-state index in [1.54, 1.807) is 38.1 Å². The summed E-state index contributed by atoms with van der Waals surface area (Å²) in [6.07, 6.45) is -0.670. The van der Waals surface area contributed by atoms with E-state index >= 15 is 0 Å². The quantitative estimate of drug-likeness (QED) is 0.838. The second-order valence-corrected chi connectivity index (χ2v) is 6.03. The van der Waals surface area contributed by atoms with Gasteiger partial charge in [-0.2, -0.15) is 0 Å². The van der Waals surface area contributed by atoms with Crippen molar-refractivity contribution in [3.05, 3.63) is 35.9 Å². The van der Waals surface area contributed by atoms with Gasteiger partial charge in [0.1, 0.15) is 6.10 Å². The Morgan fingerprint density at radius 2 is 1.91 bits per heavy atom. The number of carbonyl (C=O) groups is 2. The predicted octanol–water partition coefficient (Wildman–Crippen LogP) is 1.89. The number of methoxy groups -OCH3 is 1. The number of amides is 1. The molecule has 2 rings (SSSR count). The first-order valence-corrected chi connectivity index (χ1v) is 7.61. The third kappa shape index (κ3) is 4.53. The molecular weight excluding hydrogens is 298 g/mol. The molecule has 23 heavy (non-hydrogen) atoms. The average Bonchev–Trinajstić information content (AvgIpc) is 2.80. The first-order chi connectivity index (χ1) is 10.8. The fraction of sp³-hybridized carbons (Fsp3) is 0.529. The third-order valence-electron chi connectivity index (χ3n) is 3.72. The van der Waals surface area contributed by atoms with Crippen LogP contribution in [0.1, 0.15) is 37.6 Å². The van der Waals surface area contributed by atoms with Crippen molar-refractivity contribution < 1.29 is 23.8 Å². The molecule has 1 saturated heterocycles. The minimum Gasteiger partial charge on any atom is -0.469 e. The molecule has 1 aromatic carbocycles. The number of carbonyl (C=O) groups excluding carboxylic acids is 2. The lowest BCUT2D eigenvalue weighted by Gasteiger charge is -2.26. The zero-order valence-corrected chi connectivity index (χ0v) is 13.9. The maximum absolute atomic E-state index is 12.4. The molecule has 1 heterocycles. The highest BCUT2D eigenvalue weighted by atomic mass is 16.8. The van der Waals surface area contributed by atoms with Crippen LogP contribution in [0.15, 0.2) is 30.3 Å². The Labute approximate surface area is 136 Å². The summed E-state index contributed by atoms with van der Waals surface area (Å²) < 4.78 is 16.3. The van der Waals surface area contributed by atoms with Crippen molar-refractivity contribution in [2.45, 2.75) is 51.2 Å². The molecule has 0 aliphatic carbocycles. The molecule has 6 heteroatoms. The molecule has 0 aromatic heterocycles. The summed E-state index contributed by atoms with van der Waals surface area (Å²) in [6, 6.07) is 8.29. The summed E-state index contributed by atoms with van der Waals surface area (Å²) in [5.41, 5.74) is 0.521. The molecule has 1 aliphatic heterocycles. The van der Waals surface area contributed by atoms with Gasteiger partial charge in [-0.15, -0.1) is 0 Å². The van der Waals surface area contributed by atoms with E-state index < -0.39 is 23.9 Å². The molecule has 0 unspecified atom stereocenters. The number of rotatable bonds is 5. The van der Waals surface area contributed by atoms with E-state index in [2.05, 4.69) is 5.32 Å². The van der Waals surface area contributed by atoms with Gasteiger partial charge in [0, 0.05) is 5.56 Å². The van der Waals surface area contributed by atoms with Gasteiger partial charge in [-0.1, -0.05) is 18.2 Å². The molecule has 3 atom stereocenters. The Hall–Kier alpha value is -1.92. The van der Waals surface area contributed by atoms with Gasteiger partial charge >= 0.3 is 5.97 Å². The van der Waals surface area contributed by atoms with Crippen LogP contribution in [0.5, 0.6) is 0 Å². The summed E-state index contributed by atoms with van der Waals surface area (Å²) in [5, 5.41) is 2.86. The van der Waals surface area contributed by atoms with E-state index in [1.807, 2.05) is 13.0 Å². The Balaban J connectivity index is 2.14. The normalized spacial score (nSPS) is 24.0. The van der Waals surface area contributed by atoms with E-state index in [9.17, 15) is 9.59 Å². The number of nitrogens with one attached hydrogen (secondary N) is 1. The van der Waals surface area contributed by atoms with Crippen molar-refractivity contribution in [3.63, 3.8) is 0 Å². The second-order valence-electron chi connectivity index (χ2n) is 6.03. The summed E-state index contributed by atoms with van der Waals surface area (Å²) in [7, 11) is 1.32. The number of ether oxygens (including phenoxy) is 3. The van der Waals surface area contributed by atoms with Crippen molar-refractivity contribution in [3.8, 4) is 0 Å². The Kier molecular flexibility index (Phi) is 5.38. The van der Waals surface area contributed by atoms with E-state index in [-0.39, 0.29) is 18.4 Å². The first kappa shape index (κ1) is 17.4. The van der Waals surface area contributed by atoms with Crippen LogP contribution < -0.4 is 5.32 Å². The molecule has 0 spiro atoms. The van der Waals surface area contributed by atoms with Gasteiger partial charge in [0.2, 0.25) is 0 Å². The fourth-order valence-electron chi connectivity index (χ4n) is 2.73. The molecule has 0 bridgehead atoms. The number of esters is 1. The molecule has 126 valence electrons. The smallest absolute Gasteiger partial charge is 0.307 e. The largest absolute Gasteiger partial charge is 0.469 e. The van der Waals surface area contributed by atoms with Crippen LogP contribution in [-0.4, -0.2) is 43.0 Å². The zero-order chi connectivity index (χ0) is 17.0. The number of hydrogen-bond acceptors (Lipinski definition) is 5. The van der Waals surface area contributed by atoms with Crippen molar-refractivity contribution in [2.75, 3.05) is 7.11 Å². The van der Waals surface area contributed by atoms with Crippen LogP contribution in [0, 0.1) is 0 Å². The standard InChI is InChI=1S/C17H23NO5/c1-11-15(23-17(2,3)22-11)13(10-14(19)21-4)18-16(20)12-8-6-5-7-9-12/h5-9,11,13,15H,10H2,1-4H3,(H,18,20)/t11-,13-,15+/m0/s1. The summed E-state index contributed by atoms with van der Waals surface area (Å²) in [4.78, 5) is 24.1. The minimum atomic E-state index is -0.754. The monoisotopic (exact) mass is 321 g/mol. The number of hydrogen-bond donors (Lipinski definition) is 1.